The maximum absolute atomic E-state index is 11.6. The first-order valence-electron chi connectivity index (χ1n) is 2.43. The summed E-state index contributed by atoms with van der Waals surface area (Å²) in [5.74, 6) is -3.12. The molecule has 0 rings (SSSR count). The Morgan fingerprint density at radius 2 is 1.58 bits per heavy atom. The molecule has 0 amide bonds. The Labute approximate surface area is 62.1 Å². The number of carbonyl (C=O) groups is 1. The lowest BCUT2D eigenvalue weighted by Crippen LogP contribution is -2.35. The average Bonchev–Trinajstić information content (AvgIpc) is 1.85. The van der Waals surface area contributed by atoms with Gasteiger partial charge in [-0.05, 0) is 0 Å². The molecule has 0 aliphatic carbocycles. The van der Waals surface area contributed by atoms with E-state index in [1.54, 1.807) is 0 Å². The molecule has 0 heterocycles. The molecular formula is C4H2F6O2. The van der Waals surface area contributed by atoms with Crippen molar-refractivity contribution in [1.29, 1.82) is 0 Å². The van der Waals surface area contributed by atoms with E-state index in [9.17, 15) is 31.1 Å². The molecule has 0 aromatic rings. The van der Waals surface area contributed by atoms with Gasteiger partial charge in [-0.3, -0.25) is 0 Å². The van der Waals surface area contributed by atoms with Crippen LogP contribution in [0.25, 0.3) is 0 Å². The molecule has 8 heteroatoms. The lowest BCUT2D eigenvalue weighted by atomic mass is 10.6. The average molecular weight is 196 g/mol. The Bertz CT molecular complexity index is 173. The molecular weight excluding hydrogens is 194 g/mol. The van der Waals surface area contributed by atoms with Crippen LogP contribution in [0.15, 0.2) is 0 Å². The lowest BCUT2D eigenvalue weighted by Gasteiger charge is -2.13. The van der Waals surface area contributed by atoms with Gasteiger partial charge >= 0.3 is 18.3 Å². The summed E-state index contributed by atoms with van der Waals surface area (Å²) in [6.07, 6.45) is -10.3. The monoisotopic (exact) mass is 196 g/mol. The Morgan fingerprint density at radius 3 is 1.83 bits per heavy atom. The van der Waals surface area contributed by atoms with Gasteiger partial charge in [-0.2, -0.15) is 22.0 Å². The van der Waals surface area contributed by atoms with Crippen LogP contribution in [0.4, 0.5) is 26.3 Å². The van der Waals surface area contributed by atoms with E-state index in [0.29, 0.717) is 0 Å². The summed E-state index contributed by atoms with van der Waals surface area (Å²) < 4.78 is 70.4. The standard InChI is InChI=1S/C4H2F6O2/c5-1-3(6,7)12-2(11)4(8,9)10/h1H2. The number of hydrogen-bond acceptors (Lipinski definition) is 2. The second kappa shape index (κ2) is 3.20. The lowest BCUT2D eigenvalue weighted by molar-refractivity contribution is -0.268. The fourth-order valence-electron chi connectivity index (χ4n) is 0.221. The number of esters is 1. The van der Waals surface area contributed by atoms with Crippen molar-refractivity contribution in [1.82, 2.24) is 0 Å². The van der Waals surface area contributed by atoms with E-state index in [2.05, 4.69) is 4.74 Å². The van der Waals surface area contributed by atoms with E-state index < -0.39 is 24.9 Å². The van der Waals surface area contributed by atoms with Crippen molar-refractivity contribution in [2.45, 2.75) is 12.3 Å². The summed E-state index contributed by atoms with van der Waals surface area (Å²) in [6.45, 7) is -2.49. The normalized spacial score (nSPS) is 12.8. The molecule has 0 radical (unpaired) electrons. The highest BCUT2D eigenvalue weighted by atomic mass is 19.4. The van der Waals surface area contributed by atoms with Gasteiger partial charge < -0.3 is 4.74 Å². The van der Waals surface area contributed by atoms with Gasteiger partial charge in [0, 0.05) is 0 Å². The second-order valence-electron chi connectivity index (χ2n) is 1.66. The fourth-order valence-corrected chi connectivity index (χ4v) is 0.221. The van der Waals surface area contributed by atoms with Gasteiger partial charge in [0.25, 0.3) is 0 Å². The van der Waals surface area contributed by atoms with Crippen molar-refractivity contribution >= 4 is 5.97 Å². The van der Waals surface area contributed by atoms with E-state index in [1.165, 1.54) is 0 Å². The van der Waals surface area contributed by atoms with Gasteiger partial charge in [0.05, 0.1) is 0 Å². The number of carbonyl (C=O) groups excluding carboxylic acids is 1. The molecule has 0 bridgehead atoms. The smallest absolute Gasteiger partial charge is 0.392 e. The third-order valence-electron chi connectivity index (χ3n) is 0.629. The topological polar surface area (TPSA) is 26.3 Å². The quantitative estimate of drug-likeness (QED) is 0.495. The zero-order chi connectivity index (χ0) is 9.99. The third-order valence-corrected chi connectivity index (χ3v) is 0.629. The van der Waals surface area contributed by atoms with Crippen LogP contribution in [0.1, 0.15) is 0 Å². The SMILES string of the molecule is O=C(OC(F)(F)CF)C(F)(F)F. The zero-order valence-electron chi connectivity index (χ0n) is 5.29. The number of alkyl halides is 6. The van der Waals surface area contributed by atoms with Gasteiger partial charge in [-0.15, -0.1) is 0 Å². The Hall–Kier alpha value is -0.950. The van der Waals surface area contributed by atoms with Crippen LogP contribution in [0.5, 0.6) is 0 Å². The number of rotatable bonds is 2. The predicted molar refractivity (Wildman–Crippen MR) is 23.1 cm³/mol. The largest absolute Gasteiger partial charge is 0.491 e. The Balaban J connectivity index is 4.20. The summed E-state index contributed by atoms with van der Waals surface area (Å²) in [4.78, 5) is 9.65. The van der Waals surface area contributed by atoms with E-state index in [4.69, 9.17) is 0 Å². The first-order chi connectivity index (χ1) is 5.19. The Morgan fingerprint density at radius 1 is 1.17 bits per heavy atom. The first kappa shape index (κ1) is 11.0. The van der Waals surface area contributed by atoms with Crippen molar-refractivity contribution < 1.29 is 35.9 Å². The van der Waals surface area contributed by atoms with Gasteiger partial charge in [-0.25, -0.2) is 9.18 Å². The summed E-state index contributed by atoms with van der Waals surface area (Å²) in [5, 5.41) is 0. The molecule has 0 atom stereocenters. The van der Waals surface area contributed by atoms with Crippen LogP contribution in [0.3, 0.4) is 0 Å². The fraction of sp³-hybridized carbons (Fsp3) is 0.750. The van der Waals surface area contributed by atoms with Crippen molar-refractivity contribution in [3.8, 4) is 0 Å². The molecule has 0 fully saturated rings. The summed E-state index contributed by atoms with van der Waals surface area (Å²) in [6, 6.07) is 0. The molecule has 0 saturated carbocycles. The van der Waals surface area contributed by atoms with E-state index in [1.807, 2.05) is 0 Å². The van der Waals surface area contributed by atoms with Crippen LogP contribution < -0.4 is 0 Å². The maximum atomic E-state index is 11.6. The molecule has 0 spiro atoms. The van der Waals surface area contributed by atoms with Gasteiger partial charge in [0.2, 0.25) is 0 Å². The van der Waals surface area contributed by atoms with Gasteiger partial charge in [0.1, 0.15) is 0 Å². The molecule has 2 nitrogen and oxygen atoms in total. The van der Waals surface area contributed by atoms with Crippen molar-refractivity contribution in [3.63, 3.8) is 0 Å². The Kier molecular flexibility index (Phi) is 2.94. The molecule has 0 N–H and O–H groups in total. The molecule has 12 heavy (non-hydrogen) atoms. The maximum Gasteiger partial charge on any atom is 0.491 e. The highest BCUT2D eigenvalue weighted by Gasteiger charge is 2.47. The van der Waals surface area contributed by atoms with E-state index in [0.717, 1.165) is 0 Å². The van der Waals surface area contributed by atoms with Crippen LogP contribution in [-0.2, 0) is 9.53 Å². The third kappa shape index (κ3) is 3.44. The second-order valence-corrected chi connectivity index (χ2v) is 1.66. The molecule has 0 aromatic carbocycles. The van der Waals surface area contributed by atoms with Gasteiger partial charge in [-0.1, -0.05) is 0 Å². The van der Waals surface area contributed by atoms with Gasteiger partial charge in [0.15, 0.2) is 6.67 Å². The highest BCUT2D eigenvalue weighted by molar-refractivity contribution is 5.75. The molecule has 0 aliphatic rings. The van der Waals surface area contributed by atoms with Crippen LogP contribution in [-0.4, -0.2) is 24.9 Å². The highest BCUT2D eigenvalue weighted by Crippen LogP contribution is 2.23. The summed E-state index contributed by atoms with van der Waals surface area (Å²) in [5.41, 5.74) is 0. The van der Waals surface area contributed by atoms with E-state index in [-0.39, 0.29) is 0 Å². The van der Waals surface area contributed by atoms with Crippen molar-refractivity contribution in [3.05, 3.63) is 0 Å². The number of ether oxygens (including phenoxy) is 1. The van der Waals surface area contributed by atoms with E-state index >= 15 is 0 Å². The summed E-state index contributed by atoms with van der Waals surface area (Å²) >= 11 is 0. The molecule has 0 aliphatic heterocycles. The minimum absolute atomic E-state index is 2.48. The zero-order valence-corrected chi connectivity index (χ0v) is 5.29. The molecule has 0 aromatic heterocycles. The first-order valence-corrected chi connectivity index (χ1v) is 2.43. The predicted octanol–water partition coefficient (Wildman–Crippen LogP) is 1.65. The van der Waals surface area contributed by atoms with Crippen molar-refractivity contribution in [2.24, 2.45) is 0 Å². The molecule has 0 unspecified atom stereocenters. The van der Waals surface area contributed by atoms with Crippen LogP contribution in [0.2, 0.25) is 0 Å². The summed E-state index contributed by atoms with van der Waals surface area (Å²) in [7, 11) is 0. The molecule has 72 valence electrons. The number of halogens is 6. The van der Waals surface area contributed by atoms with Crippen LogP contribution in [0, 0.1) is 0 Å². The number of hydrogen-bond donors (Lipinski definition) is 0. The van der Waals surface area contributed by atoms with Crippen molar-refractivity contribution in [2.75, 3.05) is 6.67 Å². The minimum Gasteiger partial charge on any atom is -0.392 e. The minimum atomic E-state index is -5.54. The van der Waals surface area contributed by atoms with Crippen LogP contribution >= 0.6 is 0 Å². The molecule has 0 saturated heterocycles.